The van der Waals surface area contributed by atoms with Crippen molar-refractivity contribution < 1.29 is 27.9 Å². The SMILES string of the molecule is CC(NP(=O)(OC[C@@H]1C=C[C@H](n2cnc3c(Cl)nc(N)nc32)C1)Oc1ccccc1F)C(=O)O. The first-order valence-electron chi connectivity index (χ1n) is 10.2. The van der Waals surface area contributed by atoms with Crippen LogP contribution in [0.25, 0.3) is 11.2 Å². The minimum absolute atomic E-state index is 0.0194. The van der Waals surface area contributed by atoms with Crippen LogP contribution in [-0.4, -0.2) is 43.2 Å². The maximum absolute atomic E-state index is 14.1. The number of nitrogens with two attached hydrogens (primary N) is 1. The van der Waals surface area contributed by atoms with Gasteiger partial charge in [0.1, 0.15) is 11.6 Å². The van der Waals surface area contributed by atoms with Crippen LogP contribution in [0.5, 0.6) is 5.75 Å². The summed E-state index contributed by atoms with van der Waals surface area (Å²) in [5.41, 5.74) is 6.59. The lowest BCUT2D eigenvalue weighted by Gasteiger charge is -2.23. The van der Waals surface area contributed by atoms with E-state index in [0.29, 0.717) is 17.6 Å². The number of para-hydroxylation sites is 1. The van der Waals surface area contributed by atoms with Gasteiger partial charge in [-0.25, -0.2) is 13.9 Å². The Labute approximate surface area is 198 Å². The smallest absolute Gasteiger partial charge is 0.459 e. The third-order valence-corrected chi connectivity index (χ3v) is 7.03. The molecule has 0 fully saturated rings. The van der Waals surface area contributed by atoms with Gasteiger partial charge in [0.05, 0.1) is 19.0 Å². The van der Waals surface area contributed by atoms with Crippen molar-refractivity contribution in [2.24, 2.45) is 5.92 Å². The average Bonchev–Trinajstić information content (AvgIpc) is 3.41. The van der Waals surface area contributed by atoms with E-state index < -0.39 is 25.6 Å². The molecule has 1 aliphatic carbocycles. The number of nitrogens with one attached hydrogen (secondary N) is 1. The van der Waals surface area contributed by atoms with Crippen molar-refractivity contribution in [1.29, 1.82) is 0 Å². The third kappa shape index (κ3) is 5.20. The fourth-order valence-electron chi connectivity index (χ4n) is 3.45. The Balaban J connectivity index is 1.47. The Morgan fingerprint density at radius 1 is 1.41 bits per heavy atom. The molecule has 180 valence electrons. The second kappa shape index (κ2) is 9.67. The van der Waals surface area contributed by atoms with Gasteiger partial charge in [-0.2, -0.15) is 15.1 Å². The number of hydrogen-bond acceptors (Lipinski definition) is 8. The van der Waals surface area contributed by atoms with Crippen LogP contribution in [0.4, 0.5) is 10.3 Å². The number of benzene rings is 1. The number of anilines is 1. The largest absolute Gasteiger partial charge is 0.480 e. The van der Waals surface area contributed by atoms with E-state index in [1.165, 1.54) is 25.1 Å². The highest BCUT2D eigenvalue weighted by Gasteiger charge is 2.34. The number of hydrogen-bond donors (Lipinski definition) is 3. The van der Waals surface area contributed by atoms with Gasteiger partial charge in [-0.15, -0.1) is 0 Å². The molecule has 1 aromatic carbocycles. The molecule has 0 saturated heterocycles. The van der Waals surface area contributed by atoms with E-state index in [4.69, 9.17) is 26.4 Å². The van der Waals surface area contributed by atoms with Crippen LogP contribution in [0, 0.1) is 11.7 Å². The molecule has 2 heterocycles. The van der Waals surface area contributed by atoms with E-state index in [0.717, 1.165) is 6.07 Å². The zero-order chi connectivity index (χ0) is 24.5. The van der Waals surface area contributed by atoms with E-state index in [-0.39, 0.29) is 35.4 Å². The number of allylic oxidation sites excluding steroid dienone is 1. The summed E-state index contributed by atoms with van der Waals surface area (Å²) in [5, 5.41) is 11.7. The highest BCUT2D eigenvalue weighted by atomic mass is 35.5. The molecule has 4 rings (SSSR count). The molecular weight excluding hydrogens is 490 g/mol. The molecule has 4 atom stereocenters. The molecule has 0 aliphatic heterocycles. The molecule has 11 nitrogen and oxygen atoms in total. The highest BCUT2D eigenvalue weighted by molar-refractivity contribution is 7.52. The fraction of sp³-hybridized carbons (Fsp3) is 0.300. The lowest BCUT2D eigenvalue weighted by Crippen LogP contribution is -2.33. The van der Waals surface area contributed by atoms with Gasteiger partial charge in [-0.3, -0.25) is 9.32 Å². The van der Waals surface area contributed by atoms with Crippen LogP contribution in [0.3, 0.4) is 0 Å². The topological polar surface area (TPSA) is 154 Å². The van der Waals surface area contributed by atoms with E-state index in [9.17, 15) is 18.9 Å². The van der Waals surface area contributed by atoms with Gasteiger partial charge in [0.15, 0.2) is 22.4 Å². The molecule has 0 spiro atoms. The van der Waals surface area contributed by atoms with E-state index >= 15 is 0 Å². The van der Waals surface area contributed by atoms with Gasteiger partial charge in [-0.1, -0.05) is 35.9 Å². The zero-order valence-electron chi connectivity index (χ0n) is 17.8. The van der Waals surface area contributed by atoms with Crippen molar-refractivity contribution in [2.45, 2.75) is 25.4 Å². The number of carboxylic acids is 1. The first-order valence-corrected chi connectivity index (χ1v) is 12.1. The molecule has 0 saturated carbocycles. The van der Waals surface area contributed by atoms with E-state index in [2.05, 4.69) is 20.0 Å². The first-order chi connectivity index (χ1) is 16.1. The van der Waals surface area contributed by atoms with Gasteiger partial charge >= 0.3 is 13.7 Å². The minimum Gasteiger partial charge on any atom is -0.480 e. The Morgan fingerprint density at radius 3 is 2.91 bits per heavy atom. The second-order valence-corrected chi connectivity index (χ2v) is 9.70. The standard InChI is InChI=1S/C20H21ClFN6O5P/c1-11(19(29)30)27-34(31,33-15-5-3-2-4-14(15)22)32-9-12-6-7-13(8-12)28-10-24-16-17(21)25-20(23)26-18(16)28/h2-7,10-13H,8-9H2,1H3,(H,27,31)(H,29,30)(H2,23,25,26)/t11?,12-,13+,34?/m1/s1. The van der Waals surface area contributed by atoms with Crippen LogP contribution in [-0.2, 0) is 13.9 Å². The lowest BCUT2D eigenvalue weighted by molar-refractivity contribution is -0.138. The van der Waals surface area contributed by atoms with Gasteiger partial charge in [0, 0.05) is 5.92 Å². The molecule has 0 amide bonds. The number of nitrogens with zero attached hydrogens (tertiary/aromatic N) is 4. The fourth-order valence-corrected chi connectivity index (χ4v) is 5.23. The summed E-state index contributed by atoms with van der Waals surface area (Å²) in [4.78, 5) is 23.6. The van der Waals surface area contributed by atoms with Gasteiger partial charge in [-0.05, 0) is 25.5 Å². The monoisotopic (exact) mass is 510 g/mol. The predicted molar refractivity (Wildman–Crippen MR) is 122 cm³/mol. The summed E-state index contributed by atoms with van der Waals surface area (Å²) in [7, 11) is -4.24. The normalized spacial score (nSPS) is 20.3. The Bertz CT molecular complexity index is 1300. The maximum atomic E-state index is 14.1. The number of halogens is 2. The Kier molecular flexibility index (Phi) is 6.85. The minimum atomic E-state index is -4.24. The molecule has 14 heteroatoms. The predicted octanol–water partition coefficient (Wildman–Crippen LogP) is 3.58. The summed E-state index contributed by atoms with van der Waals surface area (Å²) in [6.07, 6.45) is 5.86. The van der Waals surface area contributed by atoms with Crippen LogP contribution >= 0.6 is 19.3 Å². The molecule has 1 aliphatic rings. The number of imidazole rings is 1. The number of carbonyl (C=O) groups is 1. The van der Waals surface area contributed by atoms with Crippen molar-refractivity contribution >= 4 is 42.4 Å². The number of rotatable bonds is 9. The number of aliphatic carboxylic acids is 1. The molecule has 34 heavy (non-hydrogen) atoms. The molecular formula is C20H21ClFN6O5P. The number of nitrogen functional groups attached to an aromatic ring is 1. The molecule has 3 aromatic rings. The molecule has 2 unspecified atom stereocenters. The van der Waals surface area contributed by atoms with Crippen molar-refractivity contribution in [2.75, 3.05) is 12.3 Å². The lowest BCUT2D eigenvalue weighted by atomic mass is 10.1. The quantitative estimate of drug-likeness (QED) is 0.221. The number of fused-ring (bicyclic) bond motifs is 1. The van der Waals surface area contributed by atoms with Crippen molar-refractivity contribution in [3.63, 3.8) is 0 Å². The molecule has 0 bridgehead atoms. The van der Waals surface area contributed by atoms with Crippen LogP contribution < -0.4 is 15.3 Å². The average molecular weight is 511 g/mol. The summed E-state index contributed by atoms with van der Waals surface area (Å²) < 4.78 is 40.0. The summed E-state index contributed by atoms with van der Waals surface area (Å²) in [5.74, 6) is -2.55. The van der Waals surface area contributed by atoms with E-state index in [1.807, 2.05) is 12.2 Å². The second-order valence-electron chi connectivity index (χ2n) is 7.65. The Hall–Kier alpha value is -3.05. The molecule has 0 radical (unpaired) electrons. The summed E-state index contributed by atoms with van der Waals surface area (Å²) in [6.45, 7) is 1.19. The van der Waals surface area contributed by atoms with Crippen LogP contribution in [0.2, 0.25) is 5.15 Å². The zero-order valence-corrected chi connectivity index (χ0v) is 19.5. The van der Waals surface area contributed by atoms with Gasteiger partial charge < -0.3 is 19.9 Å². The Morgan fingerprint density at radius 2 is 2.18 bits per heavy atom. The number of carboxylic acid groups (broad SMARTS) is 1. The first kappa shape index (κ1) is 24.1. The van der Waals surface area contributed by atoms with Gasteiger partial charge in [0.2, 0.25) is 5.95 Å². The summed E-state index contributed by atoms with van der Waals surface area (Å²) >= 11 is 6.09. The number of aromatic nitrogens is 4. The molecule has 2 aromatic heterocycles. The van der Waals surface area contributed by atoms with Gasteiger partial charge in [0.25, 0.3) is 0 Å². The van der Waals surface area contributed by atoms with E-state index in [1.54, 1.807) is 10.9 Å². The third-order valence-electron chi connectivity index (χ3n) is 5.14. The van der Waals surface area contributed by atoms with Crippen molar-refractivity contribution in [3.8, 4) is 5.75 Å². The maximum Gasteiger partial charge on any atom is 0.459 e. The van der Waals surface area contributed by atoms with Crippen LogP contribution in [0.1, 0.15) is 19.4 Å². The summed E-state index contributed by atoms with van der Waals surface area (Å²) in [6, 6.07) is 3.90. The van der Waals surface area contributed by atoms with Crippen LogP contribution in [0.15, 0.2) is 42.7 Å². The van der Waals surface area contributed by atoms with Crippen molar-refractivity contribution in [3.05, 3.63) is 53.7 Å². The molecule has 4 N–H and O–H groups in total. The van der Waals surface area contributed by atoms with Crippen molar-refractivity contribution in [1.82, 2.24) is 24.6 Å². The highest BCUT2D eigenvalue weighted by Crippen LogP contribution is 2.46.